The van der Waals surface area contributed by atoms with Crippen molar-refractivity contribution in [2.45, 2.75) is 42.1 Å². The molecule has 35 heavy (non-hydrogen) atoms. The van der Waals surface area contributed by atoms with Gasteiger partial charge in [-0.2, -0.15) is 13.2 Å². The van der Waals surface area contributed by atoms with E-state index in [1.807, 2.05) is 0 Å². The molecule has 1 fully saturated rings. The minimum absolute atomic E-state index is 0.0580. The van der Waals surface area contributed by atoms with E-state index in [2.05, 4.69) is 15.4 Å². The maximum atomic E-state index is 13.2. The molecule has 0 bridgehead atoms. The van der Waals surface area contributed by atoms with Gasteiger partial charge in [-0.1, -0.05) is 6.42 Å². The topological polar surface area (TPSA) is 86.1 Å². The standard InChI is InChI=1S/C23H22F4N4O3S/c1-34-22-14(13-31(30-22)16-7-10-20(28-12-16)23(25,26)27)11-29-21(32)18-3-2-4-19(18)35(33)17-8-5-15(24)6-9-17/h5-10,12-13,18-19H,2-4,11H2,1H3,(H,29,32). The Labute approximate surface area is 201 Å². The van der Waals surface area contributed by atoms with Crippen molar-refractivity contribution in [1.29, 1.82) is 0 Å². The lowest BCUT2D eigenvalue weighted by Crippen LogP contribution is -2.36. The van der Waals surface area contributed by atoms with Crippen LogP contribution in [0.2, 0.25) is 0 Å². The summed E-state index contributed by atoms with van der Waals surface area (Å²) in [6, 6.07) is 7.51. The maximum Gasteiger partial charge on any atom is 0.433 e. The van der Waals surface area contributed by atoms with Crippen LogP contribution in [0.4, 0.5) is 17.6 Å². The molecule has 0 radical (unpaired) electrons. The van der Waals surface area contributed by atoms with Crippen molar-refractivity contribution in [3.63, 3.8) is 0 Å². The number of hydrogen-bond acceptors (Lipinski definition) is 5. The number of methoxy groups -OCH3 is 1. The first-order chi connectivity index (χ1) is 16.7. The summed E-state index contributed by atoms with van der Waals surface area (Å²) in [7, 11) is -0.0660. The normalized spacial score (nSPS) is 18.9. The molecule has 186 valence electrons. The van der Waals surface area contributed by atoms with Crippen LogP contribution in [-0.4, -0.2) is 37.2 Å². The van der Waals surface area contributed by atoms with Crippen molar-refractivity contribution in [1.82, 2.24) is 20.1 Å². The van der Waals surface area contributed by atoms with Crippen LogP contribution in [0.15, 0.2) is 53.7 Å². The third-order valence-corrected chi connectivity index (χ3v) is 7.66. The van der Waals surface area contributed by atoms with Gasteiger partial charge in [0.15, 0.2) is 0 Å². The molecular weight excluding hydrogens is 488 g/mol. The number of nitrogens with one attached hydrogen (secondary N) is 1. The lowest BCUT2D eigenvalue weighted by molar-refractivity contribution is -0.141. The second kappa shape index (κ2) is 10.1. The van der Waals surface area contributed by atoms with E-state index in [-0.39, 0.29) is 23.6 Å². The van der Waals surface area contributed by atoms with E-state index in [0.717, 1.165) is 18.7 Å². The van der Waals surface area contributed by atoms with Crippen LogP contribution >= 0.6 is 0 Å². The zero-order valence-corrected chi connectivity index (χ0v) is 19.4. The molecule has 1 aliphatic carbocycles. The molecule has 0 spiro atoms. The fourth-order valence-corrected chi connectivity index (χ4v) is 5.74. The molecule has 1 saturated carbocycles. The molecule has 1 N–H and O–H groups in total. The number of halogens is 4. The molecule has 0 saturated heterocycles. The number of amides is 1. The first kappa shape index (κ1) is 24.8. The van der Waals surface area contributed by atoms with E-state index in [1.165, 1.54) is 48.3 Å². The predicted molar refractivity (Wildman–Crippen MR) is 119 cm³/mol. The number of carbonyl (C=O) groups excluding carboxylic acids is 1. The molecule has 2 heterocycles. The zero-order chi connectivity index (χ0) is 25.2. The number of carbonyl (C=O) groups is 1. The van der Waals surface area contributed by atoms with Crippen molar-refractivity contribution in [2.75, 3.05) is 7.11 Å². The van der Waals surface area contributed by atoms with Crippen LogP contribution in [0.3, 0.4) is 0 Å². The number of benzene rings is 1. The number of rotatable bonds is 7. The van der Waals surface area contributed by atoms with Gasteiger partial charge in [0, 0.05) is 17.6 Å². The second-order valence-electron chi connectivity index (χ2n) is 8.05. The van der Waals surface area contributed by atoms with Crippen LogP contribution in [0.5, 0.6) is 5.88 Å². The summed E-state index contributed by atoms with van der Waals surface area (Å²) in [4.78, 5) is 16.8. The zero-order valence-electron chi connectivity index (χ0n) is 18.6. The summed E-state index contributed by atoms with van der Waals surface area (Å²) < 4.78 is 71.0. The van der Waals surface area contributed by atoms with E-state index in [1.54, 1.807) is 0 Å². The Morgan fingerprint density at radius 1 is 1.20 bits per heavy atom. The average molecular weight is 511 g/mol. The molecule has 4 rings (SSSR count). The summed E-state index contributed by atoms with van der Waals surface area (Å²) in [6.45, 7) is 0.0580. The highest BCUT2D eigenvalue weighted by molar-refractivity contribution is 7.85. The summed E-state index contributed by atoms with van der Waals surface area (Å²) >= 11 is 0. The second-order valence-corrected chi connectivity index (χ2v) is 9.72. The Kier molecular flexibility index (Phi) is 7.20. The van der Waals surface area contributed by atoms with E-state index in [9.17, 15) is 26.6 Å². The Hall–Kier alpha value is -3.28. The minimum Gasteiger partial charge on any atom is -0.480 e. The molecule has 2 aromatic heterocycles. The molecule has 1 aliphatic rings. The highest BCUT2D eigenvalue weighted by Gasteiger charge is 2.37. The van der Waals surface area contributed by atoms with Crippen molar-refractivity contribution >= 4 is 16.7 Å². The number of pyridine rings is 1. The molecule has 1 aromatic carbocycles. The molecular formula is C23H22F4N4O3S. The van der Waals surface area contributed by atoms with Gasteiger partial charge in [0.1, 0.15) is 11.5 Å². The Morgan fingerprint density at radius 2 is 1.94 bits per heavy atom. The Balaban J connectivity index is 1.44. The summed E-state index contributed by atoms with van der Waals surface area (Å²) in [6.07, 6.45) is -0.0227. The van der Waals surface area contributed by atoms with Gasteiger partial charge in [0.05, 0.1) is 46.5 Å². The van der Waals surface area contributed by atoms with Gasteiger partial charge >= 0.3 is 6.18 Å². The quantitative estimate of drug-likeness (QED) is 0.485. The third kappa shape index (κ3) is 5.53. The lowest BCUT2D eigenvalue weighted by Gasteiger charge is -2.19. The third-order valence-electron chi connectivity index (χ3n) is 5.81. The van der Waals surface area contributed by atoms with Gasteiger partial charge in [-0.25, -0.2) is 14.1 Å². The van der Waals surface area contributed by atoms with E-state index in [4.69, 9.17) is 4.74 Å². The number of aromatic nitrogens is 3. The summed E-state index contributed by atoms with van der Waals surface area (Å²) in [5.74, 6) is -0.967. The Morgan fingerprint density at radius 3 is 2.57 bits per heavy atom. The van der Waals surface area contributed by atoms with E-state index < -0.39 is 34.4 Å². The lowest BCUT2D eigenvalue weighted by atomic mass is 10.1. The van der Waals surface area contributed by atoms with Gasteiger partial charge in [0.2, 0.25) is 11.8 Å². The average Bonchev–Trinajstić information content (AvgIpc) is 3.49. The fraction of sp³-hybridized carbons (Fsp3) is 0.348. The first-order valence-corrected chi connectivity index (χ1v) is 12.0. The number of nitrogens with zero attached hydrogens (tertiary/aromatic N) is 3. The van der Waals surface area contributed by atoms with Crippen molar-refractivity contribution < 1.29 is 31.3 Å². The number of ether oxygens (including phenoxy) is 1. The molecule has 3 aromatic rings. The first-order valence-electron chi connectivity index (χ1n) is 10.8. The molecule has 3 atom stereocenters. The SMILES string of the molecule is COc1nn(-c2ccc(C(F)(F)F)nc2)cc1CNC(=O)C1CCCC1S(=O)c1ccc(F)cc1. The monoisotopic (exact) mass is 510 g/mol. The maximum absolute atomic E-state index is 13.2. The number of alkyl halides is 3. The van der Waals surface area contributed by atoms with Crippen LogP contribution in [0.1, 0.15) is 30.5 Å². The minimum atomic E-state index is -4.55. The van der Waals surface area contributed by atoms with E-state index >= 15 is 0 Å². The van der Waals surface area contributed by atoms with Gasteiger partial charge < -0.3 is 10.1 Å². The predicted octanol–water partition coefficient (Wildman–Crippen LogP) is 4.03. The van der Waals surface area contributed by atoms with Crippen molar-refractivity contribution in [3.05, 3.63) is 65.9 Å². The Bertz CT molecular complexity index is 1210. The van der Waals surface area contributed by atoms with Gasteiger partial charge in [-0.15, -0.1) is 5.10 Å². The van der Waals surface area contributed by atoms with Crippen LogP contribution in [0.25, 0.3) is 5.69 Å². The molecule has 3 unspecified atom stereocenters. The molecule has 12 heteroatoms. The smallest absolute Gasteiger partial charge is 0.433 e. The summed E-state index contributed by atoms with van der Waals surface area (Å²) in [5, 5.41) is 6.64. The highest BCUT2D eigenvalue weighted by Crippen LogP contribution is 2.33. The molecule has 7 nitrogen and oxygen atoms in total. The summed E-state index contributed by atoms with van der Waals surface area (Å²) in [5.41, 5.74) is -0.216. The van der Waals surface area contributed by atoms with Gasteiger partial charge in [-0.3, -0.25) is 9.00 Å². The van der Waals surface area contributed by atoms with Crippen molar-refractivity contribution in [2.24, 2.45) is 5.92 Å². The van der Waals surface area contributed by atoms with E-state index in [0.29, 0.717) is 29.0 Å². The molecule has 0 aliphatic heterocycles. The van der Waals surface area contributed by atoms with Crippen molar-refractivity contribution in [3.8, 4) is 11.6 Å². The highest BCUT2D eigenvalue weighted by atomic mass is 32.2. The van der Waals surface area contributed by atoms with Gasteiger partial charge in [0.25, 0.3) is 0 Å². The van der Waals surface area contributed by atoms with Gasteiger partial charge in [-0.05, 0) is 49.2 Å². The fourth-order valence-electron chi connectivity index (χ4n) is 4.05. The van der Waals surface area contributed by atoms with Crippen LogP contribution in [0, 0.1) is 11.7 Å². The molecule has 1 amide bonds. The number of hydrogen-bond donors (Lipinski definition) is 1. The largest absolute Gasteiger partial charge is 0.480 e. The van der Waals surface area contributed by atoms with Crippen LogP contribution < -0.4 is 10.1 Å². The van der Waals surface area contributed by atoms with Crippen LogP contribution in [-0.2, 0) is 28.3 Å².